The second kappa shape index (κ2) is 4.61. The molecule has 1 N–H and O–H groups in total. The molecule has 1 atom stereocenters. The zero-order chi connectivity index (χ0) is 11.5. The average Bonchev–Trinajstić information content (AvgIpc) is 2.50. The molecule has 5 heteroatoms. The first-order valence-corrected chi connectivity index (χ1v) is 5.65. The lowest BCUT2D eigenvalue weighted by molar-refractivity contribution is 0.0508. The average molecular weight is 228 g/mol. The second-order valence-electron chi connectivity index (χ2n) is 4.24. The molecule has 0 spiro atoms. The van der Waals surface area contributed by atoms with Gasteiger partial charge in [0, 0.05) is 11.6 Å². The lowest BCUT2D eigenvalue weighted by Gasteiger charge is -2.21. The Hall–Kier alpha value is -1.10. The van der Waals surface area contributed by atoms with Crippen LogP contribution in [0.5, 0.6) is 0 Å². The van der Waals surface area contributed by atoms with E-state index in [1.165, 1.54) is 11.3 Å². The maximum atomic E-state index is 11.4. The third-order valence-electron chi connectivity index (χ3n) is 1.56. The highest BCUT2D eigenvalue weighted by Gasteiger charge is 2.18. The Balaban J connectivity index is 2.45. The van der Waals surface area contributed by atoms with E-state index in [2.05, 4.69) is 10.3 Å². The molecule has 1 amide bonds. The minimum Gasteiger partial charge on any atom is -0.444 e. The number of hydrogen-bond acceptors (Lipinski definition) is 4. The van der Waals surface area contributed by atoms with Crippen molar-refractivity contribution in [2.45, 2.75) is 39.3 Å². The van der Waals surface area contributed by atoms with Gasteiger partial charge < -0.3 is 10.1 Å². The number of rotatable bonds is 2. The fourth-order valence-corrected chi connectivity index (χ4v) is 1.64. The Labute approximate surface area is 93.7 Å². The van der Waals surface area contributed by atoms with Gasteiger partial charge in [-0.25, -0.2) is 9.78 Å². The summed E-state index contributed by atoms with van der Waals surface area (Å²) in [6.45, 7) is 7.38. The molecule has 0 aliphatic carbocycles. The minimum absolute atomic E-state index is 0.111. The van der Waals surface area contributed by atoms with Crippen LogP contribution in [0.15, 0.2) is 11.6 Å². The van der Waals surface area contributed by atoms with Crippen LogP contribution in [0, 0.1) is 0 Å². The summed E-state index contributed by atoms with van der Waals surface area (Å²) in [7, 11) is 0. The largest absolute Gasteiger partial charge is 0.444 e. The van der Waals surface area contributed by atoms with Crippen molar-refractivity contribution < 1.29 is 9.53 Å². The van der Waals surface area contributed by atoms with Crippen molar-refractivity contribution in [3.05, 3.63) is 16.6 Å². The van der Waals surface area contributed by atoms with Gasteiger partial charge >= 0.3 is 6.09 Å². The Morgan fingerprint density at radius 3 is 2.73 bits per heavy atom. The van der Waals surface area contributed by atoms with Crippen molar-refractivity contribution in [3.8, 4) is 0 Å². The SMILES string of the molecule is CC(NC(=O)OC(C)(C)C)c1nccs1. The van der Waals surface area contributed by atoms with Gasteiger partial charge in [0.2, 0.25) is 0 Å². The Morgan fingerprint density at radius 2 is 2.27 bits per heavy atom. The lowest BCUT2D eigenvalue weighted by atomic mass is 10.2. The molecule has 1 rings (SSSR count). The van der Waals surface area contributed by atoms with Gasteiger partial charge in [0.15, 0.2) is 0 Å². The van der Waals surface area contributed by atoms with Gasteiger partial charge in [-0.15, -0.1) is 11.3 Å². The molecule has 0 aliphatic heterocycles. The van der Waals surface area contributed by atoms with Gasteiger partial charge in [0.05, 0.1) is 6.04 Å². The quantitative estimate of drug-likeness (QED) is 0.846. The van der Waals surface area contributed by atoms with Crippen molar-refractivity contribution in [1.82, 2.24) is 10.3 Å². The second-order valence-corrected chi connectivity index (χ2v) is 5.16. The Kier molecular flexibility index (Phi) is 3.68. The Bertz CT molecular complexity index is 317. The molecule has 84 valence electrons. The van der Waals surface area contributed by atoms with Crippen molar-refractivity contribution in [2.24, 2.45) is 0 Å². The maximum absolute atomic E-state index is 11.4. The summed E-state index contributed by atoms with van der Waals surface area (Å²) >= 11 is 1.51. The smallest absolute Gasteiger partial charge is 0.408 e. The molecule has 4 nitrogen and oxygen atoms in total. The molecule has 1 aromatic heterocycles. The van der Waals surface area contributed by atoms with Crippen molar-refractivity contribution in [2.75, 3.05) is 0 Å². The van der Waals surface area contributed by atoms with Crippen molar-refractivity contribution in [3.63, 3.8) is 0 Å². The molecule has 0 aliphatic rings. The lowest BCUT2D eigenvalue weighted by Crippen LogP contribution is -2.33. The first kappa shape index (κ1) is 12.0. The van der Waals surface area contributed by atoms with Crippen molar-refractivity contribution >= 4 is 17.4 Å². The summed E-state index contributed by atoms with van der Waals surface area (Å²) in [5.74, 6) is 0. The number of carbonyl (C=O) groups is 1. The van der Waals surface area contributed by atoms with Crippen LogP contribution in [0.25, 0.3) is 0 Å². The molecule has 0 bridgehead atoms. The number of aromatic nitrogens is 1. The van der Waals surface area contributed by atoms with E-state index in [-0.39, 0.29) is 6.04 Å². The first-order chi connectivity index (χ1) is 6.88. The zero-order valence-corrected chi connectivity index (χ0v) is 10.2. The van der Waals surface area contributed by atoms with Crippen LogP contribution >= 0.6 is 11.3 Å². The van der Waals surface area contributed by atoms with Crippen LogP contribution in [-0.4, -0.2) is 16.7 Å². The molecule has 1 heterocycles. The fourth-order valence-electron chi connectivity index (χ4n) is 0.994. The summed E-state index contributed by atoms with van der Waals surface area (Å²) < 4.78 is 5.13. The van der Waals surface area contributed by atoms with Crippen molar-refractivity contribution in [1.29, 1.82) is 0 Å². The number of alkyl carbamates (subject to hydrolysis) is 1. The third-order valence-corrected chi connectivity index (χ3v) is 2.51. The fraction of sp³-hybridized carbons (Fsp3) is 0.600. The molecular weight excluding hydrogens is 212 g/mol. The molecule has 0 aromatic carbocycles. The molecular formula is C10H16N2O2S. The van der Waals surface area contributed by atoms with Gasteiger partial charge in [-0.1, -0.05) is 0 Å². The molecule has 0 fully saturated rings. The third kappa shape index (κ3) is 4.29. The molecule has 0 saturated heterocycles. The van der Waals surface area contributed by atoms with Crippen LogP contribution in [0.3, 0.4) is 0 Å². The number of nitrogens with zero attached hydrogens (tertiary/aromatic N) is 1. The van der Waals surface area contributed by atoms with E-state index in [4.69, 9.17) is 4.74 Å². The van der Waals surface area contributed by atoms with E-state index in [9.17, 15) is 4.79 Å². The molecule has 0 saturated carbocycles. The van der Waals surface area contributed by atoms with Gasteiger partial charge in [-0.2, -0.15) is 0 Å². The number of nitrogens with one attached hydrogen (secondary N) is 1. The van der Waals surface area contributed by atoms with Gasteiger partial charge in [0.1, 0.15) is 10.6 Å². The van der Waals surface area contributed by atoms with E-state index in [1.54, 1.807) is 6.20 Å². The van der Waals surface area contributed by atoms with E-state index in [1.807, 2.05) is 33.1 Å². The summed E-state index contributed by atoms with van der Waals surface area (Å²) in [5, 5.41) is 5.48. The minimum atomic E-state index is -0.466. The number of hydrogen-bond donors (Lipinski definition) is 1. The Morgan fingerprint density at radius 1 is 1.60 bits per heavy atom. The summed E-state index contributed by atoms with van der Waals surface area (Å²) in [6, 6.07) is -0.111. The highest BCUT2D eigenvalue weighted by molar-refractivity contribution is 7.09. The van der Waals surface area contributed by atoms with Crippen LogP contribution in [-0.2, 0) is 4.74 Å². The van der Waals surface area contributed by atoms with Gasteiger partial charge in [0.25, 0.3) is 0 Å². The monoisotopic (exact) mass is 228 g/mol. The summed E-state index contributed by atoms with van der Waals surface area (Å²) in [5.41, 5.74) is -0.466. The highest BCUT2D eigenvalue weighted by Crippen LogP contribution is 2.15. The number of thiazole rings is 1. The maximum Gasteiger partial charge on any atom is 0.408 e. The molecule has 0 radical (unpaired) electrons. The first-order valence-electron chi connectivity index (χ1n) is 4.77. The molecule has 1 unspecified atom stereocenters. The van der Waals surface area contributed by atoms with Crippen LogP contribution in [0.4, 0.5) is 4.79 Å². The van der Waals surface area contributed by atoms with E-state index >= 15 is 0 Å². The predicted octanol–water partition coefficient (Wildman–Crippen LogP) is 2.73. The van der Waals surface area contributed by atoms with Crippen LogP contribution < -0.4 is 5.32 Å². The van der Waals surface area contributed by atoms with Gasteiger partial charge in [-0.05, 0) is 27.7 Å². The number of ether oxygens (including phenoxy) is 1. The van der Waals surface area contributed by atoms with E-state index in [0.29, 0.717) is 0 Å². The molecule has 15 heavy (non-hydrogen) atoms. The normalized spacial score (nSPS) is 13.3. The highest BCUT2D eigenvalue weighted by atomic mass is 32.1. The van der Waals surface area contributed by atoms with E-state index < -0.39 is 11.7 Å². The van der Waals surface area contributed by atoms with Gasteiger partial charge in [-0.3, -0.25) is 0 Å². The summed E-state index contributed by atoms with van der Waals surface area (Å²) in [4.78, 5) is 15.5. The number of carbonyl (C=O) groups excluding carboxylic acids is 1. The topological polar surface area (TPSA) is 51.2 Å². The predicted molar refractivity (Wildman–Crippen MR) is 59.9 cm³/mol. The number of amides is 1. The van der Waals surface area contributed by atoms with E-state index in [0.717, 1.165) is 5.01 Å². The van der Waals surface area contributed by atoms with Crippen LogP contribution in [0.2, 0.25) is 0 Å². The zero-order valence-electron chi connectivity index (χ0n) is 9.40. The standard InChI is InChI=1S/C10H16N2O2S/c1-7(8-11-5-6-15-8)12-9(13)14-10(2,3)4/h5-7H,1-4H3,(H,12,13). The van der Waals surface area contributed by atoms with Crippen LogP contribution in [0.1, 0.15) is 38.7 Å². The summed E-state index contributed by atoms with van der Waals surface area (Å²) in [6.07, 6.45) is 1.30. The molecule has 1 aromatic rings.